The SMILES string of the molecule is CSCCC(C=O)NNC(=O)c1ccc(CNCc2ccncc2)cc1-c1ccccc1. The van der Waals surface area contributed by atoms with Crippen LogP contribution in [0.2, 0.25) is 0 Å². The second-order valence-corrected chi connectivity index (χ2v) is 8.31. The highest BCUT2D eigenvalue weighted by Crippen LogP contribution is 2.25. The Bertz CT molecular complexity index is 999. The molecular weight excluding hydrogens is 420 g/mol. The van der Waals surface area contributed by atoms with E-state index in [-0.39, 0.29) is 5.91 Å². The molecule has 1 amide bonds. The van der Waals surface area contributed by atoms with Gasteiger partial charge in [-0.2, -0.15) is 11.8 Å². The molecule has 2 aromatic carbocycles. The number of nitrogens with one attached hydrogen (secondary N) is 3. The van der Waals surface area contributed by atoms with Gasteiger partial charge < -0.3 is 10.1 Å². The van der Waals surface area contributed by atoms with Crippen molar-refractivity contribution in [3.63, 3.8) is 0 Å². The third-order valence-electron chi connectivity index (χ3n) is 4.99. The molecule has 1 aromatic heterocycles. The van der Waals surface area contributed by atoms with Gasteiger partial charge in [0, 0.05) is 31.0 Å². The van der Waals surface area contributed by atoms with Crippen LogP contribution in [0, 0.1) is 0 Å². The molecule has 0 saturated carbocycles. The number of nitrogens with zero attached hydrogens (tertiary/aromatic N) is 1. The average Bonchev–Trinajstić information content (AvgIpc) is 2.85. The first-order chi connectivity index (χ1) is 15.7. The number of amides is 1. The van der Waals surface area contributed by atoms with E-state index >= 15 is 0 Å². The van der Waals surface area contributed by atoms with Gasteiger partial charge in [0.15, 0.2) is 0 Å². The zero-order valence-electron chi connectivity index (χ0n) is 18.1. The minimum absolute atomic E-state index is 0.267. The van der Waals surface area contributed by atoms with Gasteiger partial charge >= 0.3 is 0 Å². The Kier molecular flexibility index (Phi) is 9.43. The van der Waals surface area contributed by atoms with Crippen LogP contribution in [0.25, 0.3) is 11.1 Å². The van der Waals surface area contributed by atoms with Gasteiger partial charge in [0.05, 0.1) is 6.04 Å². The maximum absolute atomic E-state index is 12.9. The number of benzene rings is 2. The van der Waals surface area contributed by atoms with Crippen molar-refractivity contribution in [3.8, 4) is 11.1 Å². The summed E-state index contributed by atoms with van der Waals surface area (Å²) in [7, 11) is 0. The van der Waals surface area contributed by atoms with Crippen molar-refractivity contribution in [1.29, 1.82) is 0 Å². The molecular formula is C25H28N4O2S. The Balaban J connectivity index is 1.73. The zero-order chi connectivity index (χ0) is 22.6. The molecule has 3 aromatic rings. The van der Waals surface area contributed by atoms with Crippen molar-refractivity contribution in [2.24, 2.45) is 0 Å². The predicted octanol–water partition coefficient (Wildman–Crippen LogP) is 3.59. The van der Waals surface area contributed by atoms with Crippen LogP contribution in [0.15, 0.2) is 73.1 Å². The molecule has 1 unspecified atom stereocenters. The molecule has 0 aliphatic heterocycles. The summed E-state index contributed by atoms with van der Waals surface area (Å²) in [4.78, 5) is 28.2. The molecule has 166 valence electrons. The third kappa shape index (κ3) is 7.02. The molecule has 7 heteroatoms. The number of hydrogen-bond acceptors (Lipinski definition) is 6. The van der Waals surface area contributed by atoms with E-state index in [9.17, 15) is 9.59 Å². The molecule has 6 nitrogen and oxygen atoms in total. The summed E-state index contributed by atoms with van der Waals surface area (Å²) in [5, 5.41) is 3.43. The van der Waals surface area contributed by atoms with E-state index in [2.05, 4.69) is 21.2 Å². The number of thioether (sulfide) groups is 1. The molecule has 0 aliphatic carbocycles. The van der Waals surface area contributed by atoms with Crippen LogP contribution in [0.1, 0.15) is 27.9 Å². The molecule has 0 fully saturated rings. The van der Waals surface area contributed by atoms with E-state index < -0.39 is 6.04 Å². The summed E-state index contributed by atoms with van der Waals surface area (Å²) >= 11 is 1.66. The minimum atomic E-state index is -0.414. The lowest BCUT2D eigenvalue weighted by Gasteiger charge is -2.16. The van der Waals surface area contributed by atoms with Crippen LogP contribution >= 0.6 is 11.8 Å². The molecule has 3 rings (SSSR count). The first-order valence-electron chi connectivity index (χ1n) is 10.5. The Labute approximate surface area is 193 Å². The summed E-state index contributed by atoms with van der Waals surface area (Å²) in [5.74, 6) is 0.569. The molecule has 32 heavy (non-hydrogen) atoms. The van der Waals surface area contributed by atoms with Gasteiger partial charge in [-0.3, -0.25) is 15.2 Å². The van der Waals surface area contributed by atoms with Crippen LogP contribution in [0.3, 0.4) is 0 Å². The average molecular weight is 449 g/mol. The standard InChI is InChI=1S/C25H28N4O2S/c1-32-14-11-22(18-30)28-29-25(31)23-8-7-20(15-24(23)21-5-3-2-4-6-21)17-27-16-19-9-12-26-13-10-19/h2-10,12-13,15,18,22,27-28H,11,14,16-17H2,1H3,(H,29,31). The Morgan fingerprint density at radius 2 is 1.78 bits per heavy atom. The highest BCUT2D eigenvalue weighted by Gasteiger charge is 2.15. The molecule has 0 radical (unpaired) electrons. The molecule has 0 aliphatic rings. The van der Waals surface area contributed by atoms with Gasteiger partial charge in [0.1, 0.15) is 6.29 Å². The van der Waals surface area contributed by atoms with Crippen molar-refractivity contribution in [2.75, 3.05) is 12.0 Å². The number of hydrogen-bond donors (Lipinski definition) is 3. The molecule has 0 bridgehead atoms. The first kappa shape index (κ1) is 23.7. The Hall–Kier alpha value is -3.00. The second-order valence-electron chi connectivity index (χ2n) is 7.33. The number of rotatable bonds is 12. The summed E-state index contributed by atoms with van der Waals surface area (Å²) < 4.78 is 0. The zero-order valence-corrected chi connectivity index (χ0v) is 18.9. The highest BCUT2D eigenvalue weighted by molar-refractivity contribution is 7.98. The quantitative estimate of drug-likeness (QED) is 0.290. The predicted molar refractivity (Wildman–Crippen MR) is 130 cm³/mol. The van der Waals surface area contributed by atoms with Gasteiger partial charge in [-0.25, -0.2) is 5.43 Å². The molecule has 0 spiro atoms. The van der Waals surface area contributed by atoms with E-state index in [4.69, 9.17) is 0 Å². The smallest absolute Gasteiger partial charge is 0.266 e. The maximum Gasteiger partial charge on any atom is 0.266 e. The van der Waals surface area contributed by atoms with Crippen LogP contribution < -0.4 is 16.2 Å². The van der Waals surface area contributed by atoms with Gasteiger partial charge in [0.2, 0.25) is 0 Å². The number of carbonyl (C=O) groups excluding carboxylic acids is 2. The number of hydrazine groups is 1. The van der Waals surface area contributed by atoms with Gasteiger partial charge in [-0.15, -0.1) is 0 Å². The summed E-state index contributed by atoms with van der Waals surface area (Å²) in [6.45, 7) is 1.41. The molecule has 1 heterocycles. The van der Waals surface area contributed by atoms with Gasteiger partial charge in [-0.1, -0.05) is 36.4 Å². The van der Waals surface area contributed by atoms with E-state index in [1.165, 1.54) is 0 Å². The van der Waals surface area contributed by atoms with Crippen LogP contribution in [0.5, 0.6) is 0 Å². The fourth-order valence-electron chi connectivity index (χ4n) is 3.25. The van der Waals surface area contributed by atoms with Crippen LogP contribution in [-0.4, -0.2) is 35.2 Å². The van der Waals surface area contributed by atoms with Gasteiger partial charge in [-0.05, 0) is 64.9 Å². The lowest BCUT2D eigenvalue weighted by molar-refractivity contribution is -0.109. The van der Waals surface area contributed by atoms with Crippen LogP contribution in [-0.2, 0) is 17.9 Å². The van der Waals surface area contributed by atoms with Crippen molar-refractivity contribution in [1.82, 2.24) is 21.2 Å². The Morgan fingerprint density at radius 3 is 2.50 bits per heavy atom. The lowest BCUT2D eigenvalue weighted by atomic mass is 9.96. The van der Waals surface area contributed by atoms with E-state index in [0.29, 0.717) is 18.5 Å². The summed E-state index contributed by atoms with van der Waals surface area (Å²) in [6.07, 6.45) is 7.02. The van der Waals surface area contributed by atoms with Crippen molar-refractivity contribution in [3.05, 3.63) is 89.7 Å². The number of aromatic nitrogens is 1. The van der Waals surface area contributed by atoms with E-state index in [0.717, 1.165) is 40.8 Å². The second kappa shape index (κ2) is 12.8. The largest absolute Gasteiger partial charge is 0.309 e. The van der Waals surface area contributed by atoms with Crippen molar-refractivity contribution >= 4 is 24.0 Å². The van der Waals surface area contributed by atoms with E-state index in [1.54, 1.807) is 24.2 Å². The first-order valence-corrected chi connectivity index (χ1v) is 11.9. The lowest BCUT2D eigenvalue weighted by Crippen LogP contribution is -2.45. The topological polar surface area (TPSA) is 83.1 Å². The highest BCUT2D eigenvalue weighted by atomic mass is 32.2. The minimum Gasteiger partial charge on any atom is -0.309 e. The normalized spacial score (nSPS) is 11.7. The van der Waals surface area contributed by atoms with Crippen molar-refractivity contribution < 1.29 is 9.59 Å². The molecule has 3 N–H and O–H groups in total. The number of pyridine rings is 1. The summed E-state index contributed by atoms with van der Waals surface area (Å²) in [5.41, 5.74) is 10.2. The maximum atomic E-state index is 12.9. The van der Waals surface area contributed by atoms with Gasteiger partial charge in [0.25, 0.3) is 5.91 Å². The molecule has 0 saturated heterocycles. The monoisotopic (exact) mass is 448 g/mol. The summed E-state index contributed by atoms with van der Waals surface area (Å²) in [6, 6.07) is 19.2. The van der Waals surface area contributed by atoms with Crippen LogP contribution in [0.4, 0.5) is 0 Å². The van der Waals surface area contributed by atoms with Crippen molar-refractivity contribution in [2.45, 2.75) is 25.6 Å². The van der Waals surface area contributed by atoms with E-state index in [1.807, 2.05) is 66.9 Å². The third-order valence-corrected chi connectivity index (χ3v) is 5.63. The Morgan fingerprint density at radius 1 is 1.03 bits per heavy atom. The fraction of sp³-hybridized carbons (Fsp3) is 0.240. The number of carbonyl (C=O) groups is 2. The fourth-order valence-corrected chi connectivity index (χ4v) is 3.74. The number of aldehydes is 1. The molecule has 1 atom stereocenters.